The van der Waals surface area contributed by atoms with E-state index in [2.05, 4.69) is 21.2 Å². The lowest BCUT2D eigenvalue weighted by Crippen LogP contribution is -2.41. The molecule has 116 valence electrons. The van der Waals surface area contributed by atoms with Crippen LogP contribution in [0, 0.1) is 0 Å². The van der Waals surface area contributed by atoms with Crippen molar-refractivity contribution in [2.24, 2.45) is 0 Å². The molecule has 0 fully saturated rings. The predicted molar refractivity (Wildman–Crippen MR) is 98.0 cm³/mol. The zero-order chi connectivity index (χ0) is 16.2. The average molecular weight is 440 g/mol. The maximum Gasteiger partial charge on any atom is 0.252 e. The number of amides is 1. The van der Waals surface area contributed by atoms with E-state index in [1.807, 2.05) is 30.3 Å². The summed E-state index contributed by atoms with van der Waals surface area (Å²) in [5, 5.41) is 2.04. The molecular weight excluding hydrogens is 429 g/mol. The highest BCUT2D eigenvalue weighted by Gasteiger charge is 2.35. The van der Waals surface area contributed by atoms with Gasteiger partial charge in [0.05, 0.1) is 0 Å². The second-order valence-electron chi connectivity index (χ2n) is 4.33. The van der Waals surface area contributed by atoms with E-state index in [0.29, 0.717) is 5.56 Å². The molecule has 1 atom stereocenters. The molecule has 2 aromatic rings. The monoisotopic (exact) mass is 437 g/mol. The average Bonchev–Trinajstić information content (AvgIpc) is 2.47. The molecule has 1 amide bonds. The molecule has 2 nitrogen and oxygen atoms in total. The first-order valence-electron chi connectivity index (χ1n) is 6.21. The van der Waals surface area contributed by atoms with Gasteiger partial charge in [0.15, 0.2) is 0 Å². The number of rotatable bonds is 4. The highest BCUT2D eigenvalue weighted by Crippen LogP contribution is 2.39. The van der Waals surface area contributed by atoms with Crippen LogP contribution >= 0.6 is 62.5 Å². The van der Waals surface area contributed by atoms with Gasteiger partial charge in [-0.25, -0.2) is 0 Å². The Balaban J connectivity index is 2.13. The molecule has 0 saturated heterocycles. The van der Waals surface area contributed by atoms with Gasteiger partial charge in [-0.1, -0.05) is 80.7 Å². The van der Waals surface area contributed by atoms with Gasteiger partial charge in [0.2, 0.25) is 3.79 Å². The van der Waals surface area contributed by atoms with Gasteiger partial charge in [-0.3, -0.25) is 4.79 Å². The zero-order valence-corrected chi connectivity index (χ0v) is 15.8. The van der Waals surface area contributed by atoms with E-state index in [4.69, 9.17) is 34.8 Å². The third-order valence-electron chi connectivity index (χ3n) is 2.66. The molecule has 2 rings (SSSR count). The van der Waals surface area contributed by atoms with Crippen molar-refractivity contribution in [3.63, 3.8) is 0 Å². The first-order valence-corrected chi connectivity index (χ1v) is 9.02. The topological polar surface area (TPSA) is 29.1 Å². The Morgan fingerprint density at radius 2 is 1.64 bits per heavy atom. The lowest BCUT2D eigenvalue weighted by molar-refractivity contribution is 0.0950. The summed E-state index contributed by atoms with van der Waals surface area (Å²) < 4.78 is -0.744. The van der Waals surface area contributed by atoms with E-state index in [0.717, 1.165) is 9.37 Å². The van der Waals surface area contributed by atoms with Crippen molar-refractivity contribution in [3.05, 3.63) is 64.6 Å². The lowest BCUT2D eigenvalue weighted by atomic mass is 10.2. The van der Waals surface area contributed by atoms with Crippen molar-refractivity contribution in [2.45, 2.75) is 14.1 Å². The number of thioether (sulfide) groups is 1. The number of benzene rings is 2. The van der Waals surface area contributed by atoms with E-state index < -0.39 is 9.17 Å². The summed E-state index contributed by atoms with van der Waals surface area (Å²) in [5.74, 6) is -0.299. The van der Waals surface area contributed by atoms with Crippen LogP contribution in [0.3, 0.4) is 0 Å². The van der Waals surface area contributed by atoms with Crippen LogP contribution in [0.25, 0.3) is 0 Å². The first kappa shape index (κ1) is 18.0. The van der Waals surface area contributed by atoms with Crippen LogP contribution in [0.1, 0.15) is 10.4 Å². The minimum absolute atomic E-state index is 0.299. The highest BCUT2D eigenvalue weighted by atomic mass is 79.9. The van der Waals surface area contributed by atoms with Crippen LogP contribution < -0.4 is 5.32 Å². The second-order valence-corrected chi connectivity index (χ2v) is 8.80. The minimum Gasteiger partial charge on any atom is -0.336 e. The van der Waals surface area contributed by atoms with Gasteiger partial charge < -0.3 is 5.32 Å². The van der Waals surface area contributed by atoms with E-state index in [1.54, 1.807) is 24.3 Å². The summed E-state index contributed by atoms with van der Waals surface area (Å²) >= 11 is 22.6. The normalized spacial score (nSPS) is 12.7. The molecule has 0 radical (unpaired) electrons. The van der Waals surface area contributed by atoms with Gasteiger partial charge in [0.25, 0.3) is 5.91 Å². The molecular formula is C15H11BrCl3NOS. The zero-order valence-electron chi connectivity index (χ0n) is 11.1. The molecule has 0 aliphatic heterocycles. The van der Waals surface area contributed by atoms with Crippen LogP contribution in [0.5, 0.6) is 0 Å². The Kier molecular flexibility index (Phi) is 6.47. The third-order valence-corrected chi connectivity index (χ3v) is 5.49. The van der Waals surface area contributed by atoms with Crippen LogP contribution in [-0.4, -0.2) is 15.1 Å². The number of carbonyl (C=O) groups is 1. The maximum atomic E-state index is 12.3. The van der Waals surface area contributed by atoms with Crippen LogP contribution in [0.4, 0.5) is 0 Å². The van der Waals surface area contributed by atoms with Gasteiger partial charge in [0.1, 0.15) is 5.37 Å². The molecule has 1 N–H and O–H groups in total. The number of carbonyl (C=O) groups excluding carboxylic acids is 1. The van der Waals surface area contributed by atoms with Gasteiger partial charge in [0, 0.05) is 14.9 Å². The maximum absolute atomic E-state index is 12.3. The van der Waals surface area contributed by atoms with E-state index >= 15 is 0 Å². The van der Waals surface area contributed by atoms with Crippen molar-refractivity contribution >= 4 is 68.4 Å². The summed E-state index contributed by atoms with van der Waals surface area (Å²) in [6.45, 7) is 0. The fourth-order valence-corrected chi connectivity index (χ4v) is 3.33. The Labute approximate surface area is 156 Å². The smallest absolute Gasteiger partial charge is 0.252 e. The molecule has 2 aromatic carbocycles. The number of alkyl halides is 3. The molecule has 0 aromatic heterocycles. The Bertz CT molecular complexity index is 631. The molecule has 0 heterocycles. The van der Waals surface area contributed by atoms with Crippen LogP contribution in [-0.2, 0) is 0 Å². The van der Waals surface area contributed by atoms with E-state index in [1.165, 1.54) is 11.8 Å². The Morgan fingerprint density at radius 3 is 2.18 bits per heavy atom. The van der Waals surface area contributed by atoms with Crippen molar-refractivity contribution in [1.82, 2.24) is 5.32 Å². The summed E-state index contributed by atoms with van der Waals surface area (Å²) in [5.41, 5.74) is 0.496. The molecule has 0 saturated carbocycles. The molecule has 22 heavy (non-hydrogen) atoms. The Hall–Kier alpha value is -0.390. The van der Waals surface area contributed by atoms with E-state index in [-0.39, 0.29) is 5.91 Å². The Morgan fingerprint density at radius 1 is 1.05 bits per heavy atom. The van der Waals surface area contributed by atoms with E-state index in [9.17, 15) is 4.79 Å². The number of nitrogens with one attached hydrogen (secondary N) is 1. The molecule has 0 spiro atoms. The number of hydrogen-bond donors (Lipinski definition) is 1. The van der Waals surface area contributed by atoms with Crippen molar-refractivity contribution < 1.29 is 4.79 Å². The van der Waals surface area contributed by atoms with Crippen molar-refractivity contribution in [1.29, 1.82) is 0 Å². The largest absolute Gasteiger partial charge is 0.336 e. The first-order chi connectivity index (χ1) is 10.4. The molecule has 0 aliphatic carbocycles. The lowest BCUT2D eigenvalue weighted by Gasteiger charge is -2.25. The van der Waals surface area contributed by atoms with Crippen LogP contribution in [0.2, 0.25) is 0 Å². The number of hydrogen-bond acceptors (Lipinski definition) is 2. The van der Waals surface area contributed by atoms with Crippen molar-refractivity contribution in [3.8, 4) is 0 Å². The highest BCUT2D eigenvalue weighted by molar-refractivity contribution is 9.10. The summed E-state index contributed by atoms with van der Waals surface area (Å²) in [4.78, 5) is 13.2. The van der Waals surface area contributed by atoms with Gasteiger partial charge >= 0.3 is 0 Å². The summed E-state index contributed by atoms with van der Waals surface area (Å²) in [7, 11) is 0. The minimum atomic E-state index is -1.63. The molecule has 0 bridgehead atoms. The fraction of sp³-hybridized carbons (Fsp3) is 0.133. The standard InChI is InChI=1S/C15H11BrCl3NOS/c16-11-8-6-10(7-9-11)13(21)20-14(15(17,18)19)22-12-4-2-1-3-5-12/h1-9,14H,(H,20,21)/t14-/m1/s1. The SMILES string of the molecule is O=C(N[C@H](Sc1ccccc1)C(Cl)(Cl)Cl)c1ccc(Br)cc1. The predicted octanol–water partition coefficient (Wildman–Crippen LogP) is 5.67. The fourth-order valence-electron chi connectivity index (χ4n) is 1.62. The molecule has 0 unspecified atom stereocenters. The quantitative estimate of drug-likeness (QED) is 0.378. The van der Waals surface area contributed by atoms with Gasteiger partial charge in [-0.05, 0) is 36.4 Å². The summed E-state index contributed by atoms with van der Waals surface area (Å²) in [6.07, 6.45) is 0. The second kappa shape index (κ2) is 7.93. The number of halogens is 4. The van der Waals surface area contributed by atoms with Gasteiger partial charge in [-0.15, -0.1) is 0 Å². The van der Waals surface area contributed by atoms with Gasteiger partial charge in [-0.2, -0.15) is 0 Å². The van der Waals surface area contributed by atoms with Crippen LogP contribution in [0.15, 0.2) is 64.0 Å². The summed E-state index contributed by atoms with van der Waals surface area (Å²) in [6, 6.07) is 16.4. The molecule has 7 heteroatoms. The molecule has 0 aliphatic rings. The van der Waals surface area contributed by atoms with Crippen molar-refractivity contribution in [2.75, 3.05) is 0 Å². The third kappa shape index (κ3) is 5.36.